The lowest BCUT2D eigenvalue weighted by Gasteiger charge is -2.16. The molecule has 1 heterocycles. The molecule has 2 aromatic carbocycles. The first-order valence-corrected chi connectivity index (χ1v) is 6.44. The van der Waals surface area contributed by atoms with Crippen LogP contribution in [-0.4, -0.2) is 0 Å². The minimum Gasteiger partial charge on any atom is -0.456 e. The van der Waals surface area contributed by atoms with Gasteiger partial charge in [-0.05, 0) is 42.0 Å². The Labute approximate surface area is 118 Å². The Bertz CT molecular complexity index is 708. The molecule has 20 heavy (non-hydrogen) atoms. The van der Waals surface area contributed by atoms with Crippen LogP contribution in [0.5, 0.6) is 5.75 Å². The van der Waals surface area contributed by atoms with E-state index in [-0.39, 0.29) is 0 Å². The Balaban J connectivity index is 2.06. The molecule has 1 aliphatic heterocycles. The van der Waals surface area contributed by atoms with Crippen LogP contribution in [0.4, 0.5) is 5.69 Å². The molecule has 0 spiro atoms. The second-order valence-corrected chi connectivity index (χ2v) is 4.64. The Hall–Kier alpha value is -2.74. The van der Waals surface area contributed by atoms with Crippen LogP contribution in [0, 0.1) is 0 Å². The molecule has 0 atom stereocenters. The molecule has 0 bridgehead atoms. The molecule has 0 amide bonds. The van der Waals surface area contributed by atoms with Gasteiger partial charge in [-0.25, -0.2) is 0 Å². The van der Waals surface area contributed by atoms with Crippen molar-refractivity contribution in [1.82, 2.24) is 0 Å². The van der Waals surface area contributed by atoms with Gasteiger partial charge in [0.25, 0.3) is 0 Å². The van der Waals surface area contributed by atoms with Gasteiger partial charge >= 0.3 is 0 Å². The van der Waals surface area contributed by atoms with E-state index >= 15 is 0 Å². The minimum absolute atomic E-state index is 0.740. The summed E-state index contributed by atoms with van der Waals surface area (Å²) < 4.78 is 6.04. The first-order valence-electron chi connectivity index (χ1n) is 6.44. The highest BCUT2D eigenvalue weighted by atomic mass is 16.5. The maximum absolute atomic E-state index is 6.04. The quantitative estimate of drug-likeness (QED) is 0.778. The number of para-hydroxylation sites is 1. The van der Waals surface area contributed by atoms with Crippen LogP contribution in [0.15, 0.2) is 73.3 Å². The third kappa shape index (κ3) is 2.36. The van der Waals surface area contributed by atoms with Crippen molar-refractivity contribution >= 4 is 17.0 Å². The van der Waals surface area contributed by atoms with Crippen LogP contribution in [0.25, 0.3) is 11.3 Å². The molecule has 0 fully saturated rings. The summed E-state index contributed by atoms with van der Waals surface area (Å²) >= 11 is 0. The van der Waals surface area contributed by atoms with E-state index in [9.17, 15) is 0 Å². The van der Waals surface area contributed by atoms with Crippen LogP contribution < -0.4 is 10.5 Å². The van der Waals surface area contributed by atoms with E-state index in [1.165, 1.54) is 0 Å². The molecule has 98 valence electrons. The number of ether oxygens (including phenoxy) is 1. The lowest BCUT2D eigenvalue weighted by Crippen LogP contribution is -1.99. The molecule has 2 N–H and O–H groups in total. The number of allylic oxidation sites excluding steroid dienone is 4. The smallest absolute Gasteiger partial charge is 0.135 e. The van der Waals surface area contributed by atoms with Crippen LogP contribution in [0.2, 0.25) is 0 Å². The number of anilines is 1. The molecule has 2 nitrogen and oxygen atoms in total. The molecule has 0 saturated carbocycles. The number of rotatable bonds is 1. The highest BCUT2D eigenvalue weighted by Gasteiger charge is 2.11. The van der Waals surface area contributed by atoms with Crippen LogP contribution in [0.3, 0.4) is 0 Å². The number of hydrogen-bond acceptors (Lipinski definition) is 2. The fourth-order valence-electron chi connectivity index (χ4n) is 2.12. The fourth-order valence-corrected chi connectivity index (χ4v) is 2.12. The summed E-state index contributed by atoms with van der Waals surface area (Å²) in [5.74, 6) is 1.60. The van der Waals surface area contributed by atoms with Gasteiger partial charge in [0.2, 0.25) is 0 Å². The highest BCUT2D eigenvalue weighted by molar-refractivity contribution is 5.79. The Kier molecular flexibility index (Phi) is 3.13. The molecule has 0 aliphatic carbocycles. The monoisotopic (exact) mass is 261 g/mol. The second-order valence-electron chi connectivity index (χ2n) is 4.64. The van der Waals surface area contributed by atoms with E-state index in [1.54, 1.807) is 0 Å². The van der Waals surface area contributed by atoms with Crippen LogP contribution in [0.1, 0.15) is 11.1 Å². The van der Waals surface area contributed by atoms with Gasteiger partial charge in [0.05, 0.1) is 0 Å². The Morgan fingerprint density at radius 3 is 2.50 bits per heavy atom. The SMILES string of the molecule is C=C1/C=C\C=C(\c2ccc(N)cc2)Oc2ccccc21. The van der Waals surface area contributed by atoms with Crippen molar-refractivity contribution in [2.24, 2.45) is 0 Å². The third-order valence-electron chi connectivity index (χ3n) is 3.19. The molecule has 0 aromatic heterocycles. The number of nitrogen functional groups attached to an aromatic ring is 1. The standard InChI is InChI=1S/C18H15NO/c1-13-5-4-8-17(14-9-11-15(19)12-10-14)20-18-7-3-2-6-16(13)18/h2-12H,1,19H2/b5-4-,17-8-. The Morgan fingerprint density at radius 2 is 1.70 bits per heavy atom. The van der Waals surface area contributed by atoms with E-state index in [2.05, 4.69) is 6.58 Å². The van der Waals surface area contributed by atoms with Crippen molar-refractivity contribution in [3.63, 3.8) is 0 Å². The maximum atomic E-state index is 6.04. The molecule has 0 unspecified atom stereocenters. The average Bonchev–Trinajstić information content (AvgIpc) is 2.45. The topological polar surface area (TPSA) is 35.2 Å². The molecule has 0 radical (unpaired) electrons. The van der Waals surface area contributed by atoms with Gasteiger partial charge in [-0.2, -0.15) is 0 Å². The molecule has 0 saturated heterocycles. The molecule has 2 aromatic rings. The Morgan fingerprint density at radius 1 is 0.950 bits per heavy atom. The number of hydrogen-bond donors (Lipinski definition) is 1. The molecular formula is C18H15NO. The molecular weight excluding hydrogens is 246 g/mol. The summed E-state index contributed by atoms with van der Waals surface area (Å²) in [5.41, 5.74) is 9.40. The van der Waals surface area contributed by atoms with E-state index < -0.39 is 0 Å². The molecule has 1 aliphatic rings. The van der Waals surface area contributed by atoms with E-state index in [4.69, 9.17) is 10.5 Å². The zero-order chi connectivity index (χ0) is 13.9. The number of benzene rings is 2. The predicted octanol–water partition coefficient (Wildman–Crippen LogP) is 4.27. The van der Waals surface area contributed by atoms with Crippen molar-refractivity contribution in [1.29, 1.82) is 0 Å². The minimum atomic E-state index is 0.740. The largest absolute Gasteiger partial charge is 0.456 e. The second kappa shape index (κ2) is 5.10. The van der Waals surface area contributed by atoms with Crippen molar-refractivity contribution in [2.45, 2.75) is 0 Å². The zero-order valence-corrected chi connectivity index (χ0v) is 11.0. The van der Waals surface area contributed by atoms with Crippen LogP contribution in [-0.2, 0) is 0 Å². The van der Waals surface area contributed by atoms with Gasteiger partial charge in [0.15, 0.2) is 0 Å². The van der Waals surface area contributed by atoms with Crippen molar-refractivity contribution < 1.29 is 4.74 Å². The maximum Gasteiger partial charge on any atom is 0.135 e. The summed E-state index contributed by atoms with van der Waals surface area (Å²) in [4.78, 5) is 0. The van der Waals surface area contributed by atoms with Gasteiger partial charge in [-0.15, -0.1) is 0 Å². The predicted molar refractivity (Wildman–Crippen MR) is 84.1 cm³/mol. The third-order valence-corrected chi connectivity index (χ3v) is 3.19. The van der Waals surface area contributed by atoms with Gasteiger partial charge in [0, 0.05) is 16.8 Å². The van der Waals surface area contributed by atoms with E-state index in [0.29, 0.717) is 0 Å². The first-order chi connectivity index (χ1) is 9.74. The van der Waals surface area contributed by atoms with Gasteiger partial charge in [0.1, 0.15) is 11.5 Å². The molecule has 3 rings (SSSR count). The summed E-state index contributed by atoms with van der Waals surface area (Å²) in [5, 5.41) is 0. The fraction of sp³-hybridized carbons (Fsp3) is 0. The van der Waals surface area contributed by atoms with E-state index in [0.717, 1.165) is 33.9 Å². The van der Waals surface area contributed by atoms with Gasteiger partial charge in [-0.3, -0.25) is 0 Å². The average molecular weight is 261 g/mol. The lowest BCUT2D eigenvalue weighted by atomic mass is 10.0. The number of nitrogens with two attached hydrogens (primary N) is 1. The van der Waals surface area contributed by atoms with Crippen molar-refractivity contribution in [3.8, 4) is 5.75 Å². The van der Waals surface area contributed by atoms with Gasteiger partial charge in [-0.1, -0.05) is 36.9 Å². The highest BCUT2D eigenvalue weighted by Crippen LogP contribution is 2.31. The van der Waals surface area contributed by atoms with Crippen LogP contribution >= 0.6 is 0 Å². The summed E-state index contributed by atoms with van der Waals surface area (Å²) in [6, 6.07) is 15.5. The normalized spacial score (nSPS) is 18.0. The van der Waals surface area contributed by atoms with Gasteiger partial charge < -0.3 is 10.5 Å². The van der Waals surface area contributed by atoms with Crippen molar-refractivity contribution in [2.75, 3.05) is 5.73 Å². The van der Waals surface area contributed by atoms with E-state index in [1.807, 2.05) is 66.8 Å². The van der Waals surface area contributed by atoms with Crippen molar-refractivity contribution in [3.05, 3.63) is 84.5 Å². The number of fused-ring (bicyclic) bond motifs is 1. The molecule has 2 heteroatoms. The summed E-state index contributed by atoms with van der Waals surface area (Å²) in [6.45, 7) is 4.05. The summed E-state index contributed by atoms with van der Waals surface area (Å²) in [6.07, 6.45) is 5.87. The first kappa shape index (κ1) is 12.3. The lowest BCUT2D eigenvalue weighted by molar-refractivity contribution is 0.513. The zero-order valence-electron chi connectivity index (χ0n) is 11.0. The summed E-state index contributed by atoms with van der Waals surface area (Å²) in [7, 11) is 0.